The zero-order valence-electron chi connectivity index (χ0n) is 13.4. The number of benzene rings is 2. The number of rotatable bonds is 6. The van der Waals surface area contributed by atoms with Crippen LogP contribution in [0.3, 0.4) is 0 Å². The molecule has 1 atom stereocenters. The van der Waals surface area contributed by atoms with Crippen LogP contribution in [0.25, 0.3) is 0 Å². The molecule has 4 nitrogen and oxygen atoms in total. The van der Waals surface area contributed by atoms with Crippen LogP contribution in [-0.2, 0) is 4.79 Å². The minimum absolute atomic E-state index is 0.267. The maximum atomic E-state index is 13.2. The van der Waals surface area contributed by atoms with E-state index >= 15 is 0 Å². The van der Waals surface area contributed by atoms with Crippen LogP contribution in [0.5, 0.6) is 11.5 Å². The first-order valence-electron chi connectivity index (χ1n) is 7.09. The average molecular weight is 353 g/mol. The van der Waals surface area contributed by atoms with Crippen molar-refractivity contribution in [1.82, 2.24) is 0 Å². The Hall–Kier alpha value is -2.28. The third-order valence-electron chi connectivity index (χ3n) is 3.22. The number of hydrogen-bond acceptors (Lipinski definition) is 4. The first-order chi connectivity index (χ1) is 11.4. The smallest absolute Gasteiger partial charge is 0.237 e. The van der Waals surface area contributed by atoms with Gasteiger partial charge in [0.15, 0.2) is 23.1 Å². The number of amides is 1. The highest BCUT2D eigenvalue weighted by atomic mass is 32.2. The molecule has 0 spiro atoms. The number of anilines is 1. The first-order valence-corrected chi connectivity index (χ1v) is 7.97. The lowest BCUT2D eigenvalue weighted by molar-refractivity contribution is -0.115. The molecule has 128 valence electrons. The fraction of sp³-hybridized carbons (Fsp3) is 0.235. The Morgan fingerprint density at radius 2 is 1.75 bits per heavy atom. The number of carbonyl (C=O) groups excluding carboxylic acids is 1. The van der Waals surface area contributed by atoms with E-state index in [-0.39, 0.29) is 5.91 Å². The molecule has 1 unspecified atom stereocenters. The second kappa shape index (κ2) is 8.01. The standard InChI is InChI=1S/C17H17F2NO3S/c1-10(24-12-5-6-13(18)14(19)9-12)17(21)20-11-4-7-15(22-2)16(8-11)23-3/h4-10H,1-3H3,(H,20,21). The van der Waals surface area contributed by atoms with Crippen molar-refractivity contribution < 1.29 is 23.0 Å². The molecule has 24 heavy (non-hydrogen) atoms. The van der Waals surface area contributed by atoms with Crippen molar-refractivity contribution in [3.8, 4) is 11.5 Å². The van der Waals surface area contributed by atoms with Gasteiger partial charge in [-0.25, -0.2) is 8.78 Å². The quantitative estimate of drug-likeness (QED) is 0.794. The van der Waals surface area contributed by atoms with Gasteiger partial charge in [0.25, 0.3) is 0 Å². The summed E-state index contributed by atoms with van der Waals surface area (Å²) >= 11 is 1.14. The molecular weight excluding hydrogens is 336 g/mol. The molecule has 0 saturated carbocycles. The number of thioether (sulfide) groups is 1. The van der Waals surface area contributed by atoms with Gasteiger partial charge >= 0.3 is 0 Å². The average Bonchev–Trinajstić information content (AvgIpc) is 2.57. The molecule has 0 aliphatic carbocycles. The molecule has 0 aliphatic rings. The Morgan fingerprint density at radius 1 is 1.04 bits per heavy atom. The van der Waals surface area contributed by atoms with Crippen LogP contribution < -0.4 is 14.8 Å². The minimum atomic E-state index is -0.938. The van der Waals surface area contributed by atoms with Crippen molar-refractivity contribution in [2.24, 2.45) is 0 Å². The third kappa shape index (κ3) is 4.38. The van der Waals surface area contributed by atoms with Crippen LogP contribution in [0.4, 0.5) is 14.5 Å². The zero-order valence-corrected chi connectivity index (χ0v) is 14.2. The van der Waals surface area contributed by atoms with E-state index in [9.17, 15) is 13.6 Å². The Balaban J connectivity index is 2.04. The van der Waals surface area contributed by atoms with Gasteiger partial charge in [-0.3, -0.25) is 4.79 Å². The van der Waals surface area contributed by atoms with Gasteiger partial charge < -0.3 is 14.8 Å². The predicted octanol–water partition coefficient (Wildman–Crippen LogP) is 4.10. The van der Waals surface area contributed by atoms with E-state index in [0.29, 0.717) is 22.1 Å². The topological polar surface area (TPSA) is 47.6 Å². The van der Waals surface area contributed by atoms with Crippen molar-refractivity contribution >= 4 is 23.4 Å². The summed E-state index contributed by atoms with van der Waals surface area (Å²) in [6.45, 7) is 1.68. The normalized spacial score (nSPS) is 11.7. The number of methoxy groups -OCH3 is 2. The van der Waals surface area contributed by atoms with Gasteiger partial charge in [0, 0.05) is 16.6 Å². The summed E-state index contributed by atoms with van der Waals surface area (Å²) in [5.74, 6) is -1.07. The van der Waals surface area contributed by atoms with Gasteiger partial charge in [0.05, 0.1) is 19.5 Å². The first kappa shape index (κ1) is 18.1. The fourth-order valence-electron chi connectivity index (χ4n) is 1.97. The van der Waals surface area contributed by atoms with Gasteiger partial charge in [-0.15, -0.1) is 11.8 Å². The van der Waals surface area contributed by atoms with Gasteiger partial charge in [-0.2, -0.15) is 0 Å². The Kier molecular flexibility index (Phi) is 6.03. The third-order valence-corrected chi connectivity index (χ3v) is 4.32. The summed E-state index contributed by atoms with van der Waals surface area (Å²) in [6, 6.07) is 8.56. The summed E-state index contributed by atoms with van der Waals surface area (Å²) in [5.41, 5.74) is 0.551. The van der Waals surface area contributed by atoms with E-state index in [1.807, 2.05) is 0 Å². The van der Waals surface area contributed by atoms with Crippen LogP contribution in [-0.4, -0.2) is 25.4 Å². The van der Waals surface area contributed by atoms with E-state index < -0.39 is 16.9 Å². The SMILES string of the molecule is COc1ccc(NC(=O)C(C)Sc2ccc(F)c(F)c2)cc1OC. The second-order valence-corrected chi connectivity index (χ2v) is 6.31. The summed E-state index contributed by atoms with van der Waals surface area (Å²) in [5, 5.41) is 2.25. The molecular formula is C17H17F2NO3S. The van der Waals surface area contributed by atoms with Gasteiger partial charge in [0.1, 0.15) is 0 Å². The Bertz CT molecular complexity index is 740. The van der Waals surface area contributed by atoms with Crippen molar-refractivity contribution in [2.45, 2.75) is 17.1 Å². The molecule has 0 saturated heterocycles. The molecule has 0 aliphatic heterocycles. The molecule has 2 aromatic carbocycles. The highest BCUT2D eigenvalue weighted by Gasteiger charge is 2.16. The number of halogens is 2. The number of carbonyl (C=O) groups is 1. The molecule has 0 aromatic heterocycles. The van der Waals surface area contributed by atoms with Crippen molar-refractivity contribution in [3.63, 3.8) is 0 Å². The largest absolute Gasteiger partial charge is 0.493 e. The van der Waals surface area contributed by atoms with Crippen LogP contribution in [0, 0.1) is 11.6 Å². The predicted molar refractivity (Wildman–Crippen MR) is 89.9 cm³/mol. The van der Waals surface area contributed by atoms with Crippen molar-refractivity contribution in [1.29, 1.82) is 0 Å². The van der Waals surface area contributed by atoms with Crippen LogP contribution in [0.2, 0.25) is 0 Å². The summed E-state index contributed by atoms with van der Waals surface area (Å²) in [6.07, 6.45) is 0. The summed E-state index contributed by atoms with van der Waals surface area (Å²) < 4.78 is 36.5. The molecule has 1 amide bonds. The highest BCUT2D eigenvalue weighted by molar-refractivity contribution is 8.00. The maximum Gasteiger partial charge on any atom is 0.237 e. The van der Waals surface area contributed by atoms with Crippen LogP contribution >= 0.6 is 11.8 Å². The molecule has 0 bridgehead atoms. The monoisotopic (exact) mass is 353 g/mol. The van der Waals surface area contributed by atoms with Crippen molar-refractivity contribution in [2.75, 3.05) is 19.5 Å². The Labute approximate surface area is 143 Å². The molecule has 1 N–H and O–H groups in total. The lowest BCUT2D eigenvalue weighted by Gasteiger charge is -2.14. The number of nitrogens with one attached hydrogen (secondary N) is 1. The van der Waals surface area contributed by atoms with E-state index in [1.54, 1.807) is 25.1 Å². The molecule has 0 heterocycles. The molecule has 2 aromatic rings. The van der Waals surface area contributed by atoms with E-state index in [4.69, 9.17) is 9.47 Å². The second-order valence-electron chi connectivity index (χ2n) is 4.90. The number of hydrogen-bond donors (Lipinski definition) is 1. The molecule has 7 heteroatoms. The molecule has 0 radical (unpaired) electrons. The lowest BCUT2D eigenvalue weighted by Crippen LogP contribution is -2.22. The van der Waals surface area contributed by atoms with Crippen LogP contribution in [0.1, 0.15) is 6.92 Å². The molecule has 0 fully saturated rings. The van der Waals surface area contributed by atoms with Gasteiger partial charge in [-0.05, 0) is 37.3 Å². The Morgan fingerprint density at radius 3 is 2.38 bits per heavy atom. The van der Waals surface area contributed by atoms with E-state index in [2.05, 4.69) is 5.32 Å². The highest BCUT2D eigenvalue weighted by Crippen LogP contribution is 2.30. The van der Waals surface area contributed by atoms with Crippen LogP contribution in [0.15, 0.2) is 41.3 Å². The van der Waals surface area contributed by atoms with Gasteiger partial charge in [-0.1, -0.05) is 0 Å². The lowest BCUT2D eigenvalue weighted by atomic mass is 10.2. The van der Waals surface area contributed by atoms with E-state index in [0.717, 1.165) is 23.9 Å². The zero-order chi connectivity index (χ0) is 17.7. The minimum Gasteiger partial charge on any atom is -0.493 e. The molecule has 2 rings (SSSR count). The fourth-order valence-corrected chi connectivity index (χ4v) is 2.86. The number of ether oxygens (including phenoxy) is 2. The summed E-state index contributed by atoms with van der Waals surface area (Å²) in [7, 11) is 3.03. The summed E-state index contributed by atoms with van der Waals surface area (Å²) in [4.78, 5) is 12.7. The van der Waals surface area contributed by atoms with E-state index in [1.165, 1.54) is 20.3 Å². The van der Waals surface area contributed by atoms with Gasteiger partial charge in [0.2, 0.25) is 5.91 Å². The van der Waals surface area contributed by atoms with Crippen molar-refractivity contribution in [3.05, 3.63) is 48.0 Å². The maximum absolute atomic E-state index is 13.2.